The molecular weight excluding hydrogens is 350 g/mol. The quantitative estimate of drug-likeness (QED) is 0.611. The highest BCUT2D eigenvalue weighted by Crippen LogP contribution is 2.20. The predicted molar refractivity (Wildman–Crippen MR) is 115 cm³/mol. The van der Waals surface area contributed by atoms with Gasteiger partial charge in [-0.05, 0) is 57.2 Å². The third kappa shape index (κ3) is 5.06. The lowest BCUT2D eigenvalue weighted by molar-refractivity contribution is 0.392. The number of nitrogens with one attached hydrogen (secondary N) is 1. The van der Waals surface area contributed by atoms with Crippen molar-refractivity contribution in [1.29, 1.82) is 0 Å². The molecule has 0 unspecified atom stereocenters. The fraction of sp³-hybridized carbons (Fsp3) is 0.545. The van der Waals surface area contributed by atoms with Crippen molar-refractivity contribution in [2.45, 2.75) is 46.1 Å². The summed E-state index contributed by atoms with van der Waals surface area (Å²) in [4.78, 5) is 9.07. The minimum Gasteiger partial charge on any atom is -0.372 e. The lowest BCUT2D eigenvalue weighted by Crippen LogP contribution is -2.39. The normalized spacial score (nSPS) is 15.0. The van der Waals surface area contributed by atoms with Gasteiger partial charge < -0.3 is 19.6 Å². The Morgan fingerprint density at radius 2 is 1.89 bits per heavy atom. The highest BCUT2D eigenvalue weighted by Gasteiger charge is 2.12. The lowest BCUT2D eigenvalue weighted by atomic mass is 10.1. The van der Waals surface area contributed by atoms with Gasteiger partial charge in [0.15, 0.2) is 5.96 Å². The summed E-state index contributed by atoms with van der Waals surface area (Å²) in [5, 5.41) is 7.46. The molecule has 0 saturated carbocycles. The molecule has 1 fully saturated rings. The van der Waals surface area contributed by atoms with Gasteiger partial charge in [0.2, 0.25) is 0 Å². The van der Waals surface area contributed by atoms with E-state index in [2.05, 4.69) is 56.6 Å². The maximum atomic E-state index is 5.24. The molecule has 28 heavy (non-hydrogen) atoms. The Morgan fingerprint density at radius 3 is 2.50 bits per heavy atom. The van der Waals surface area contributed by atoms with Crippen LogP contribution in [0.4, 0.5) is 5.69 Å². The van der Waals surface area contributed by atoms with E-state index in [1.807, 2.05) is 20.9 Å². The second kappa shape index (κ2) is 9.62. The van der Waals surface area contributed by atoms with Crippen LogP contribution in [-0.2, 0) is 13.0 Å². The lowest BCUT2D eigenvalue weighted by Gasteiger charge is -2.29. The summed E-state index contributed by atoms with van der Waals surface area (Å²) < 4.78 is 5.24. The average Bonchev–Trinajstić information content (AvgIpc) is 3.04. The number of hydrogen-bond acceptors (Lipinski definition) is 4. The largest absolute Gasteiger partial charge is 0.372 e. The zero-order chi connectivity index (χ0) is 19.9. The summed E-state index contributed by atoms with van der Waals surface area (Å²) in [6.45, 7) is 7.94. The molecule has 6 nitrogen and oxygen atoms in total. The fourth-order valence-corrected chi connectivity index (χ4v) is 3.86. The summed E-state index contributed by atoms with van der Waals surface area (Å²) in [5.41, 5.74) is 4.78. The molecule has 0 radical (unpaired) electrons. The first-order valence-corrected chi connectivity index (χ1v) is 10.3. The zero-order valence-corrected chi connectivity index (χ0v) is 17.7. The highest BCUT2D eigenvalue weighted by atomic mass is 16.5. The molecule has 0 spiro atoms. The van der Waals surface area contributed by atoms with Gasteiger partial charge >= 0.3 is 0 Å². The fourth-order valence-electron chi connectivity index (χ4n) is 3.86. The number of benzene rings is 1. The van der Waals surface area contributed by atoms with E-state index in [4.69, 9.17) is 4.52 Å². The van der Waals surface area contributed by atoms with E-state index in [0.717, 1.165) is 36.9 Å². The molecule has 1 N–H and O–H groups in total. The minimum absolute atomic E-state index is 0.799. The van der Waals surface area contributed by atoms with Gasteiger partial charge in [-0.1, -0.05) is 17.3 Å². The third-order valence-corrected chi connectivity index (χ3v) is 5.49. The molecule has 1 saturated heterocycles. The number of anilines is 1. The molecule has 1 aromatic heterocycles. The van der Waals surface area contributed by atoms with Gasteiger partial charge in [0, 0.05) is 51.5 Å². The topological polar surface area (TPSA) is 56.9 Å². The van der Waals surface area contributed by atoms with Crippen molar-refractivity contribution in [1.82, 2.24) is 15.4 Å². The van der Waals surface area contributed by atoms with Gasteiger partial charge in [0.05, 0.1) is 5.69 Å². The van der Waals surface area contributed by atoms with E-state index in [0.29, 0.717) is 0 Å². The third-order valence-electron chi connectivity index (χ3n) is 5.49. The molecule has 1 aliphatic rings. The predicted octanol–water partition coefficient (Wildman–Crippen LogP) is 3.53. The van der Waals surface area contributed by atoms with Crippen LogP contribution in [0.3, 0.4) is 0 Å². The van der Waals surface area contributed by atoms with Crippen molar-refractivity contribution in [2.24, 2.45) is 4.99 Å². The second-order valence-electron chi connectivity index (χ2n) is 7.60. The average molecular weight is 384 g/mol. The summed E-state index contributed by atoms with van der Waals surface area (Å²) in [7, 11) is 3.90. The Morgan fingerprint density at radius 1 is 1.18 bits per heavy atom. The number of aromatic nitrogens is 1. The van der Waals surface area contributed by atoms with Crippen molar-refractivity contribution in [3.8, 4) is 0 Å². The Balaban J connectivity index is 1.51. The number of aryl methyl sites for hydroxylation is 2. The summed E-state index contributed by atoms with van der Waals surface area (Å²) in [5.74, 6) is 1.79. The molecule has 0 atom stereocenters. The molecule has 1 aliphatic heterocycles. The maximum absolute atomic E-state index is 5.24. The zero-order valence-electron chi connectivity index (χ0n) is 17.7. The van der Waals surface area contributed by atoms with Crippen LogP contribution < -0.4 is 10.2 Å². The first-order valence-electron chi connectivity index (χ1n) is 10.3. The maximum Gasteiger partial charge on any atom is 0.193 e. The summed E-state index contributed by atoms with van der Waals surface area (Å²) in [6, 6.07) is 8.97. The smallest absolute Gasteiger partial charge is 0.193 e. The van der Waals surface area contributed by atoms with Crippen molar-refractivity contribution < 1.29 is 4.52 Å². The van der Waals surface area contributed by atoms with Crippen LogP contribution in [-0.4, -0.2) is 49.7 Å². The van der Waals surface area contributed by atoms with E-state index in [1.54, 1.807) is 0 Å². The number of rotatable bonds is 6. The SMILES string of the molecule is CN=C(NCCc1c(C)noc1C)N(C)Cc1ccc(N2CCCCC2)cc1. The molecule has 2 aromatic rings. The van der Waals surface area contributed by atoms with Crippen LogP contribution in [0, 0.1) is 13.8 Å². The van der Waals surface area contributed by atoms with E-state index in [9.17, 15) is 0 Å². The monoisotopic (exact) mass is 383 g/mol. The van der Waals surface area contributed by atoms with Crippen LogP contribution in [0.1, 0.15) is 41.8 Å². The molecule has 2 heterocycles. The minimum atomic E-state index is 0.799. The number of hydrogen-bond donors (Lipinski definition) is 1. The molecule has 0 amide bonds. The molecule has 0 aliphatic carbocycles. The van der Waals surface area contributed by atoms with Crippen LogP contribution >= 0.6 is 0 Å². The van der Waals surface area contributed by atoms with E-state index >= 15 is 0 Å². The van der Waals surface area contributed by atoms with Gasteiger partial charge in [-0.2, -0.15) is 0 Å². The standard InChI is InChI=1S/C22H33N5O/c1-17-21(18(2)28-25-17)12-13-24-22(23-3)26(4)16-19-8-10-20(11-9-19)27-14-6-5-7-15-27/h8-11H,5-7,12-16H2,1-4H3,(H,23,24). The van der Waals surface area contributed by atoms with Crippen molar-refractivity contribution >= 4 is 11.6 Å². The Hall–Kier alpha value is -2.50. The van der Waals surface area contributed by atoms with E-state index < -0.39 is 0 Å². The Bertz CT molecular complexity index is 755. The van der Waals surface area contributed by atoms with Crippen molar-refractivity contribution in [2.75, 3.05) is 38.6 Å². The van der Waals surface area contributed by atoms with Gasteiger partial charge in [0.1, 0.15) is 5.76 Å². The second-order valence-corrected chi connectivity index (χ2v) is 7.60. The van der Waals surface area contributed by atoms with Gasteiger partial charge in [-0.15, -0.1) is 0 Å². The Labute approximate surface area is 168 Å². The molecular formula is C22H33N5O. The van der Waals surface area contributed by atoms with Crippen LogP contribution in [0.15, 0.2) is 33.8 Å². The van der Waals surface area contributed by atoms with Gasteiger partial charge in [-0.3, -0.25) is 4.99 Å². The summed E-state index contributed by atoms with van der Waals surface area (Å²) >= 11 is 0. The Kier molecular flexibility index (Phi) is 6.95. The molecule has 1 aromatic carbocycles. The first kappa shape index (κ1) is 20.2. The molecule has 6 heteroatoms. The first-order chi connectivity index (χ1) is 13.6. The summed E-state index contributed by atoms with van der Waals surface area (Å²) in [6.07, 6.45) is 4.85. The molecule has 3 rings (SSSR count). The number of piperidine rings is 1. The van der Waals surface area contributed by atoms with Crippen LogP contribution in [0.2, 0.25) is 0 Å². The van der Waals surface area contributed by atoms with Crippen LogP contribution in [0.25, 0.3) is 0 Å². The molecule has 0 bridgehead atoms. The number of nitrogens with zero attached hydrogens (tertiary/aromatic N) is 4. The number of guanidine groups is 1. The van der Waals surface area contributed by atoms with Crippen LogP contribution in [0.5, 0.6) is 0 Å². The van der Waals surface area contributed by atoms with Gasteiger partial charge in [-0.25, -0.2) is 0 Å². The van der Waals surface area contributed by atoms with E-state index in [-0.39, 0.29) is 0 Å². The molecule has 152 valence electrons. The van der Waals surface area contributed by atoms with E-state index in [1.165, 1.54) is 49.2 Å². The van der Waals surface area contributed by atoms with Gasteiger partial charge in [0.25, 0.3) is 0 Å². The highest BCUT2D eigenvalue weighted by molar-refractivity contribution is 5.79. The van der Waals surface area contributed by atoms with Crippen molar-refractivity contribution in [3.05, 3.63) is 46.8 Å². The number of aliphatic imine (C=N–C) groups is 1. The van der Waals surface area contributed by atoms with Crippen molar-refractivity contribution in [3.63, 3.8) is 0 Å².